The third-order valence-electron chi connectivity index (χ3n) is 8.47. The molecule has 0 unspecified atom stereocenters. The first-order valence-corrected chi connectivity index (χ1v) is 19.1. The van der Waals surface area contributed by atoms with Gasteiger partial charge in [0.15, 0.2) is 5.78 Å². The third-order valence-corrected chi connectivity index (χ3v) is 9.31. The number of carbonyl (C=O) groups excluding carboxylic acids is 4. The second-order valence-electron chi connectivity index (χ2n) is 13.1. The maximum Gasteiger partial charge on any atom is 0.257 e. The summed E-state index contributed by atoms with van der Waals surface area (Å²) in [5.74, 6) is 0.527. The number of nitrogens with one attached hydrogen (secondary N) is 3. The molecule has 0 radical (unpaired) electrons. The van der Waals surface area contributed by atoms with E-state index in [2.05, 4.69) is 33.9 Å². The van der Waals surface area contributed by atoms with E-state index in [-0.39, 0.29) is 17.6 Å². The predicted molar refractivity (Wildman–Crippen MR) is 220 cm³/mol. The highest BCUT2D eigenvalue weighted by Gasteiger charge is 2.16. The van der Waals surface area contributed by atoms with Crippen LogP contribution in [-0.4, -0.2) is 45.2 Å². The summed E-state index contributed by atoms with van der Waals surface area (Å²) in [6.45, 7) is 10.8. The van der Waals surface area contributed by atoms with E-state index < -0.39 is 0 Å². The van der Waals surface area contributed by atoms with Gasteiger partial charge in [0.2, 0.25) is 0 Å². The van der Waals surface area contributed by atoms with Gasteiger partial charge in [-0.25, -0.2) is 0 Å². The number of rotatable bonds is 12. The zero-order valence-corrected chi connectivity index (χ0v) is 33.1. The molecule has 2 amide bonds. The summed E-state index contributed by atoms with van der Waals surface area (Å²) in [4.78, 5) is 46.8. The Morgan fingerprint density at radius 2 is 1.38 bits per heavy atom. The first-order valence-electron chi connectivity index (χ1n) is 18.2. The lowest BCUT2D eigenvalue weighted by Gasteiger charge is -2.15. The summed E-state index contributed by atoms with van der Waals surface area (Å²) in [6, 6.07) is 28.3. The number of carbonyl (C=O) groups is 4. The van der Waals surface area contributed by atoms with Crippen molar-refractivity contribution in [2.24, 2.45) is 5.92 Å². The lowest BCUT2D eigenvalue weighted by Crippen LogP contribution is -2.18. The second-order valence-corrected chi connectivity index (χ2v) is 14.0. The number of Topliss-reactive ketones (excluding diaryl/α,β-unsaturated/α-hetero) is 1. The number of ketones is 1. The first-order chi connectivity index (χ1) is 25.6. The van der Waals surface area contributed by atoms with Crippen LogP contribution in [0.25, 0.3) is 0 Å². The highest BCUT2D eigenvalue weighted by Crippen LogP contribution is 2.23. The van der Waals surface area contributed by atoms with Crippen LogP contribution in [0.1, 0.15) is 107 Å². The third kappa shape index (κ3) is 16.8. The van der Waals surface area contributed by atoms with Gasteiger partial charge in [-0.2, -0.15) is 0 Å². The molecule has 0 atom stereocenters. The van der Waals surface area contributed by atoms with E-state index in [4.69, 9.17) is 4.79 Å². The van der Waals surface area contributed by atoms with Crippen LogP contribution in [-0.2, 0) is 22.4 Å². The molecule has 3 N–H and O–H groups in total. The molecule has 1 aliphatic rings. The van der Waals surface area contributed by atoms with Gasteiger partial charge in [0.05, 0.1) is 11.3 Å². The number of hydrogen-bond donors (Lipinski definition) is 3. The van der Waals surface area contributed by atoms with Crippen molar-refractivity contribution < 1.29 is 23.9 Å². The van der Waals surface area contributed by atoms with E-state index in [1.807, 2.05) is 86.5 Å². The zero-order chi connectivity index (χ0) is 39.0. The fourth-order valence-electron chi connectivity index (χ4n) is 5.54. The van der Waals surface area contributed by atoms with Gasteiger partial charge < -0.3 is 20.2 Å². The molecule has 0 aliphatic heterocycles. The number of hydrogen-bond acceptors (Lipinski definition) is 7. The van der Waals surface area contributed by atoms with Gasteiger partial charge in [-0.1, -0.05) is 100 Å². The summed E-state index contributed by atoms with van der Waals surface area (Å²) in [5.41, 5.74) is 5.99. The molecular formula is C44H57N3O5S. The van der Waals surface area contributed by atoms with Crippen molar-refractivity contribution in [1.82, 2.24) is 4.72 Å². The van der Waals surface area contributed by atoms with Crippen molar-refractivity contribution in [2.45, 2.75) is 84.0 Å². The predicted octanol–water partition coefficient (Wildman–Crippen LogP) is 10.2. The molecule has 0 saturated heterocycles. The van der Waals surface area contributed by atoms with E-state index in [1.54, 1.807) is 39.3 Å². The lowest BCUT2D eigenvalue weighted by molar-refractivity contribution is -0.0980. The summed E-state index contributed by atoms with van der Waals surface area (Å²) in [6.07, 6.45) is 10.2. The van der Waals surface area contributed by atoms with Crippen LogP contribution >= 0.6 is 11.9 Å². The van der Waals surface area contributed by atoms with Crippen LogP contribution in [0, 0.1) is 12.8 Å². The number of aryl methyl sites for hydroxylation is 3. The van der Waals surface area contributed by atoms with E-state index >= 15 is 0 Å². The van der Waals surface area contributed by atoms with Gasteiger partial charge in [-0.15, -0.1) is 0 Å². The zero-order valence-electron chi connectivity index (χ0n) is 32.3. The number of methoxy groups -OCH3 is 1. The SMILES string of the molecule is C=O.CC1CCCCC1.CCCNSc1cccc(C(=O)Nc2ccc(C)cc2C(=O)Nc2ccc(CCc3ccc(C(C)=O)cc3)cc2)c1.COC. The Morgan fingerprint density at radius 3 is 1.92 bits per heavy atom. The Bertz CT molecular complexity index is 1690. The van der Waals surface area contributed by atoms with Crippen molar-refractivity contribution in [3.8, 4) is 0 Å². The van der Waals surface area contributed by atoms with E-state index in [1.165, 1.54) is 49.6 Å². The minimum Gasteiger partial charge on any atom is -0.388 e. The van der Waals surface area contributed by atoms with E-state index in [9.17, 15) is 14.4 Å². The van der Waals surface area contributed by atoms with Crippen molar-refractivity contribution >= 4 is 47.7 Å². The number of amides is 2. The molecule has 9 heteroatoms. The fourth-order valence-corrected chi connectivity index (χ4v) is 6.35. The maximum atomic E-state index is 13.3. The monoisotopic (exact) mass is 739 g/mol. The summed E-state index contributed by atoms with van der Waals surface area (Å²) >= 11 is 1.49. The number of benzene rings is 4. The van der Waals surface area contributed by atoms with Crippen molar-refractivity contribution in [3.63, 3.8) is 0 Å². The molecule has 0 bridgehead atoms. The van der Waals surface area contributed by atoms with Crippen LogP contribution in [0.5, 0.6) is 0 Å². The average molecular weight is 740 g/mol. The van der Waals surface area contributed by atoms with Crippen molar-refractivity contribution in [1.29, 1.82) is 0 Å². The average Bonchev–Trinajstić information content (AvgIpc) is 3.17. The second kappa shape index (κ2) is 25.4. The smallest absolute Gasteiger partial charge is 0.257 e. The minimum absolute atomic E-state index is 0.0641. The molecule has 5 rings (SSSR count). The molecule has 1 fully saturated rings. The van der Waals surface area contributed by atoms with Crippen LogP contribution in [0.15, 0.2) is 95.9 Å². The van der Waals surface area contributed by atoms with E-state index in [0.29, 0.717) is 28.1 Å². The van der Waals surface area contributed by atoms with Gasteiger partial charge in [0.25, 0.3) is 11.8 Å². The lowest BCUT2D eigenvalue weighted by atomic mass is 9.91. The molecule has 8 nitrogen and oxygen atoms in total. The Balaban J connectivity index is 0.000000698. The molecule has 1 aliphatic carbocycles. The molecule has 53 heavy (non-hydrogen) atoms. The summed E-state index contributed by atoms with van der Waals surface area (Å²) in [5, 5.41) is 5.88. The highest BCUT2D eigenvalue weighted by atomic mass is 32.2. The van der Waals surface area contributed by atoms with Crippen molar-refractivity contribution in [2.75, 3.05) is 31.4 Å². The molecule has 0 heterocycles. The molecule has 0 aromatic heterocycles. The molecular weight excluding hydrogens is 683 g/mol. The standard InChI is InChI=1S/C34H35N3O3S.C7H14.C2H6O.CH2O/c1-4-20-35-41-30-7-5-6-28(22-30)33(39)37-32-19-8-23(2)21-31(32)34(40)36-29-17-13-26(14-18-29)10-9-25-11-15-27(16-12-25)24(3)38;1-7-5-3-2-4-6-7;1-3-2;1-2/h5-8,11-19,21-22,35H,4,9-10,20H2,1-3H3,(H,36,40)(H,37,39);7H,2-6H2,1H3;1-2H3;1H2. The van der Waals surface area contributed by atoms with Crippen LogP contribution in [0.3, 0.4) is 0 Å². The normalized spacial score (nSPS) is 12.0. The molecule has 4 aromatic rings. The van der Waals surface area contributed by atoms with Crippen LogP contribution < -0.4 is 15.4 Å². The topological polar surface area (TPSA) is 114 Å². The molecule has 0 spiro atoms. The van der Waals surface area contributed by atoms with Gasteiger partial charge >= 0.3 is 0 Å². The van der Waals surface area contributed by atoms with Crippen LogP contribution in [0.4, 0.5) is 11.4 Å². The summed E-state index contributed by atoms with van der Waals surface area (Å²) in [7, 11) is 3.25. The number of anilines is 2. The Kier molecular flexibility index (Phi) is 21.4. The Morgan fingerprint density at radius 1 is 0.774 bits per heavy atom. The van der Waals surface area contributed by atoms with Gasteiger partial charge in [-0.05, 0) is 105 Å². The van der Waals surface area contributed by atoms with Crippen molar-refractivity contribution in [3.05, 3.63) is 124 Å². The largest absolute Gasteiger partial charge is 0.388 e. The summed E-state index contributed by atoms with van der Waals surface area (Å²) < 4.78 is 7.52. The molecule has 1 saturated carbocycles. The van der Waals surface area contributed by atoms with Gasteiger partial charge in [-0.3, -0.25) is 19.1 Å². The van der Waals surface area contributed by atoms with Crippen LogP contribution in [0.2, 0.25) is 0 Å². The first kappa shape index (κ1) is 44.6. The van der Waals surface area contributed by atoms with Gasteiger partial charge in [0.1, 0.15) is 6.79 Å². The number of ether oxygens (including phenoxy) is 1. The Labute approximate surface area is 321 Å². The molecule has 284 valence electrons. The maximum absolute atomic E-state index is 13.3. The highest BCUT2D eigenvalue weighted by molar-refractivity contribution is 7.97. The molecule has 4 aromatic carbocycles. The van der Waals surface area contributed by atoms with Gasteiger partial charge in [0, 0.05) is 42.5 Å². The fraction of sp³-hybridized carbons (Fsp3) is 0.364. The minimum atomic E-state index is -0.296. The Hall–Kier alpha value is -4.57. The van der Waals surface area contributed by atoms with E-state index in [0.717, 1.165) is 47.7 Å². The quantitative estimate of drug-likeness (QED) is 0.0753.